The normalized spacial score (nSPS) is 12.5. The molecule has 0 unspecified atom stereocenters. The summed E-state index contributed by atoms with van der Waals surface area (Å²) in [6.45, 7) is 15.8. The van der Waals surface area contributed by atoms with Crippen molar-refractivity contribution in [2.24, 2.45) is 0 Å². The molecule has 5 aromatic rings. The molecule has 0 aliphatic rings. The van der Waals surface area contributed by atoms with Crippen molar-refractivity contribution in [2.45, 2.75) is 65.7 Å². The van der Waals surface area contributed by atoms with Crippen LogP contribution < -0.4 is 0 Å². The third-order valence-corrected chi connectivity index (χ3v) is 6.81. The SMILES string of the molecule is CC(C)c1cccc(C(C)C)c1-n1c(-c2coc3ccc(C(C)(C)C)cc23)nc2ccccc21. The van der Waals surface area contributed by atoms with Crippen LogP contribution in [0.25, 0.3) is 39.1 Å². The van der Waals surface area contributed by atoms with Crippen molar-refractivity contribution in [3.63, 3.8) is 0 Å². The molecular formula is C31H34N2O. The molecule has 0 radical (unpaired) electrons. The fourth-order valence-corrected chi connectivity index (χ4v) is 4.87. The molecule has 3 nitrogen and oxygen atoms in total. The summed E-state index contributed by atoms with van der Waals surface area (Å²) in [4.78, 5) is 5.18. The van der Waals surface area contributed by atoms with Crippen LogP contribution in [0.1, 0.15) is 77.0 Å². The van der Waals surface area contributed by atoms with E-state index in [-0.39, 0.29) is 5.41 Å². The van der Waals surface area contributed by atoms with Crippen LogP contribution in [0.4, 0.5) is 0 Å². The Bertz CT molecular complexity index is 1470. The molecule has 5 rings (SSSR count). The van der Waals surface area contributed by atoms with Gasteiger partial charge in [0.05, 0.1) is 22.3 Å². The molecule has 0 N–H and O–H groups in total. The number of fused-ring (bicyclic) bond motifs is 2. The summed E-state index contributed by atoms with van der Waals surface area (Å²) in [5, 5.41) is 1.11. The fraction of sp³-hybridized carbons (Fsp3) is 0.323. The quantitative estimate of drug-likeness (QED) is 0.273. The summed E-state index contributed by atoms with van der Waals surface area (Å²) in [5.74, 6) is 1.70. The molecule has 0 spiro atoms. The zero-order valence-electron chi connectivity index (χ0n) is 21.3. The number of furan rings is 1. The third-order valence-electron chi connectivity index (χ3n) is 6.81. The van der Waals surface area contributed by atoms with Crippen molar-refractivity contribution in [1.29, 1.82) is 0 Å². The number of benzene rings is 3. The first kappa shape index (κ1) is 22.5. The van der Waals surface area contributed by atoms with Gasteiger partial charge in [-0.25, -0.2) is 4.98 Å². The smallest absolute Gasteiger partial charge is 0.149 e. The van der Waals surface area contributed by atoms with Crippen LogP contribution in [0.5, 0.6) is 0 Å². The van der Waals surface area contributed by atoms with Gasteiger partial charge in [-0.15, -0.1) is 0 Å². The van der Waals surface area contributed by atoms with Gasteiger partial charge in [0.15, 0.2) is 0 Å². The van der Waals surface area contributed by atoms with E-state index >= 15 is 0 Å². The summed E-state index contributed by atoms with van der Waals surface area (Å²) in [6.07, 6.45) is 1.88. The van der Waals surface area contributed by atoms with E-state index in [0.29, 0.717) is 11.8 Å². The Balaban J connectivity index is 1.90. The predicted molar refractivity (Wildman–Crippen MR) is 143 cm³/mol. The number of hydrogen-bond acceptors (Lipinski definition) is 2. The van der Waals surface area contributed by atoms with Gasteiger partial charge >= 0.3 is 0 Å². The van der Waals surface area contributed by atoms with E-state index in [1.54, 1.807) is 0 Å². The monoisotopic (exact) mass is 450 g/mol. The van der Waals surface area contributed by atoms with E-state index in [1.807, 2.05) is 6.26 Å². The average Bonchev–Trinajstić information content (AvgIpc) is 3.38. The Morgan fingerprint density at radius 1 is 0.824 bits per heavy atom. The zero-order valence-corrected chi connectivity index (χ0v) is 21.3. The summed E-state index contributed by atoms with van der Waals surface area (Å²) in [5.41, 5.74) is 9.29. The summed E-state index contributed by atoms with van der Waals surface area (Å²) >= 11 is 0. The standard InChI is InChI=1S/C31H34N2O/c1-19(2)22-11-10-12-23(20(3)4)29(22)33-27-14-9-8-13-26(27)32-30(33)25-18-34-28-16-15-21(17-24(25)28)31(5,6)7/h8-20H,1-7H3. The summed E-state index contributed by atoms with van der Waals surface area (Å²) in [6, 6.07) is 21.7. The third kappa shape index (κ3) is 3.64. The highest BCUT2D eigenvalue weighted by Gasteiger charge is 2.24. The molecule has 3 heteroatoms. The van der Waals surface area contributed by atoms with Gasteiger partial charge in [-0.1, -0.05) is 84.9 Å². The second-order valence-corrected chi connectivity index (χ2v) is 11.0. The number of hydrogen-bond donors (Lipinski definition) is 0. The highest BCUT2D eigenvalue weighted by Crippen LogP contribution is 2.40. The van der Waals surface area contributed by atoms with Crippen LogP contribution in [-0.4, -0.2) is 9.55 Å². The number of para-hydroxylation sites is 3. The second kappa shape index (κ2) is 8.16. The molecule has 0 atom stereocenters. The lowest BCUT2D eigenvalue weighted by atomic mass is 9.86. The molecule has 0 saturated heterocycles. The van der Waals surface area contributed by atoms with Crippen LogP contribution in [0, 0.1) is 0 Å². The lowest BCUT2D eigenvalue weighted by molar-refractivity contribution is 0.589. The van der Waals surface area contributed by atoms with Crippen molar-refractivity contribution in [1.82, 2.24) is 9.55 Å². The fourth-order valence-electron chi connectivity index (χ4n) is 4.87. The van der Waals surface area contributed by atoms with E-state index < -0.39 is 0 Å². The van der Waals surface area contributed by atoms with Crippen LogP contribution in [-0.2, 0) is 5.41 Å². The number of aromatic nitrogens is 2. The molecule has 0 aliphatic heterocycles. The number of nitrogens with zero attached hydrogens (tertiary/aromatic N) is 2. The first-order valence-corrected chi connectivity index (χ1v) is 12.3. The van der Waals surface area contributed by atoms with E-state index in [2.05, 4.69) is 114 Å². The van der Waals surface area contributed by atoms with Crippen molar-refractivity contribution in [3.05, 3.63) is 83.6 Å². The molecule has 0 saturated carbocycles. The van der Waals surface area contributed by atoms with Crippen molar-refractivity contribution >= 4 is 22.0 Å². The highest BCUT2D eigenvalue weighted by molar-refractivity contribution is 5.96. The predicted octanol–water partition coefficient (Wildman–Crippen LogP) is 8.98. The Kier molecular flexibility index (Phi) is 5.39. The lowest BCUT2D eigenvalue weighted by Crippen LogP contribution is -2.10. The van der Waals surface area contributed by atoms with E-state index in [0.717, 1.165) is 33.4 Å². The van der Waals surface area contributed by atoms with Crippen molar-refractivity contribution in [3.8, 4) is 17.1 Å². The average molecular weight is 451 g/mol. The maximum Gasteiger partial charge on any atom is 0.149 e. The minimum Gasteiger partial charge on any atom is -0.464 e. The molecule has 2 aromatic heterocycles. The lowest BCUT2D eigenvalue weighted by Gasteiger charge is -2.22. The molecule has 0 bridgehead atoms. The Morgan fingerprint density at radius 2 is 1.50 bits per heavy atom. The Hall–Kier alpha value is -3.33. The van der Waals surface area contributed by atoms with Crippen LogP contribution >= 0.6 is 0 Å². The van der Waals surface area contributed by atoms with Gasteiger partial charge in [0.1, 0.15) is 17.7 Å². The zero-order chi connectivity index (χ0) is 24.2. The van der Waals surface area contributed by atoms with Gasteiger partial charge in [-0.2, -0.15) is 0 Å². The maximum absolute atomic E-state index is 6.06. The second-order valence-electron chi connectivity index (χ2n) is 11.0. The van der Waals surface area contributed by atoms with E-state index in [4.69, 9.17) is 9.40 Å². The van der Waals surface area contributed by atoms with E-state index in [1.165, 1.54) is 22.4 Å². The molecule has 0 amide bonds. The van der Waals surface area contributed by atoms with Gasteiger partial charge in [0.2, 0.25) is 0 Å². The maximum atomic E-state index is 6.06. The first-order chi connectivity index (χ1) is 16.2. The Labute approximate surface area is 202 Å². The topological polar surface area (TPSA) is 31.0 Å². The van der Waals surface area contributed by atoms with Crippen LogP contribution in [0.2, 0.25) is 0 Å². The minimum atomic E-state index is 0.0535. The summed E-state index contributed by atoms with van der Waals surface area (Å²) in [7, 11) is 0. The number of rotatable bonds is 4. The van der Waals surface area contributed by atoms with E-state index in [9.17, 15) is 0 Å². The Morgan fingerprint density at radius 3 is 2.15 bits per heavy atom. The van der Waals surface area contributed by atoms with Gasteiger partial charge in [-0.3, -0.25) is 4.57 Å². The van der Waals surface area contributed by atoms with Gasteiger partial charge in [0.25, 0.3) is 0 Å². The molecule has 2 heterocycles. The molecule has 0 fully saturated rings. The van der Waals surface area contributed by atoms with Crippen LogP contribution in [0.15, 0.2) is 71.3 Å². The molecular weight excluding hydrogens is 416 g/mol. The van der Waals surface area contributed by atoms with Crippen molar-refractivity contribution in [2.75, 3.05) is 0 Å². The highest BCUT2D eigenvalue weighted by atomic mass is 16.3. The molecule has 0 aliphatic carbocycles. The molecule has 174 valence electrons. The molecule has 3 aromatic carbocycles. The van der Waals surface area contributed by atoms with Crippen LogP contribution in [0.3, 0.4) is 0 Å². The largest absolute Gasteiger partial charge is 0.464 e. The van der Waals surface area contributed by atoms with Gasteiger partial charge in [-0.05, 0) is 58.2 Å². The van der Waals surface area contributed by atoms with Crippen molar-refractivity contribution < 1.29 is 4.42 Å². The first-order valence-electron chi connectivity index (χ1n) is 12.3. The molecule has 34 heavy (non-hydrogen) atoms. The van der Waals surface area contributed by atoms with Gasteiger partial charge in [0, 0.05) is 5.39 Å². The summed E-state index contributed by atoms with van der Waals surface area (Å²) < 4.78 is 8.43. The van der Waals surface area contributed by atoms with Gasteiger partial charge < -0.3 is 4.42 Å². The minimum absolute atomic E-state index is 0.0535. The number of imidazole rings is 1.